The van der Waals surface area contributed by atoms with Crippen LogP contribution in [0.2, 0.25) is 0 Å². The van der Waals surface area contributed by atoms with Crippen LogP contribution in [-0.2, 0) is 23.9 Å². The van der Waals surface area contributed by atoms with Gasteiger partial charge in [-0.1, -0.05) is 40.9 Å². The zero-order valence-corrected chi connectivity index (χ0v) is 23.2. The average Bonchev–Trinajstić information content (AvgIpc) is 3.03. The van der Waals surface area contributed by atoms with E-state index in [1.165, 1.54) is 29.9 Å². The third kappa shape index (κ3) is 7.76. The average molecular weight is 552 g/mol. The van der Waals surface area contributed by atoms with Gasteiger partial charge in [-0.15, -0.1) is 0 Å². The van der Waals surface area contributed by atoms with Crippen molar-refractivity contribution >= 4 is 45.3 Å². The van der Waals surface area contributed by atoms with Gasteiger partial charge < -0.3 is 15.8 Å². The van der Waals surface area contributed by atoms with E-state index in [2.05, 4.69) is 5.32 Å². The first kappa shape index (κ1) is 28.5. The molecule has 3 fully saturated rings. The standard InChI is InChI=1S/C27H41N3O5S2/c28-16-21-19(17-29-23(31)10-6-3-7-13-30-24(32)11-12-25(30)33)14-18(15-22-26(21)37-36-22)27(34)35-20-8-4-1-2-5-9-20/h11-12,18-22,26H,1-10,13-17,28H2,(H,29,31). The van der Waals surface area contributed by atoms with E-state index < -0.39 is 0 Å². The first-order chi connectivity index (χ1) is 18.0. The molecule has 2 aliphatic carbocycles. The predicted molar refractivity (Wildman–Crippen MR) is 146 cm³/mol. The SMILES string of the molecule is NCC1C(CNC(=O)CCCCCN2C(=O)C=CC2=O)CC(C(=O)OC2CCCCCC2)CC2SSC21. The molecule has 0 bridgehead atoms. The summed E-state index contributed by atoms with van der Waals surface area (Å²) in [5.41, 5.74) is 6.22. The van der Waals surface area contributed by atoms with Crippen LogP contribution in [0.1, 0.15) is 77.0 Å². The maximum Gasteiger partial charge on any atom is 0.309 e. The summed E-state index contributed by atoms with van der Waals surface area (Å²) in [4.78, 5) is 50.3. The summed E-state index contributed by atoms with van der Waals surface area (Å²) in [6, 6.07) is 0. The molecule has 10 heteroatoms. The number of fused-ring (bicyclic) bond motifs is 1. The lowest BCUT2D eigenvalue weighted by atomic mass is 9.85. The van der Waals surface area contributed by atoms with Gasteiger partial charge in [-0.3, -0.25) is 24.1 Å². The van der Waals surface area contributed by atoms with E-state index in [0.29, 0.717) is 55.8 Å². The number of nitrogens with two attached hydrogens (primary N) is 1. The largest absolute Gasteiger partial charge is 0.462 e. The summed E-state index contributed by atoms with van der Waals surface area (Å²) in [6.07, 6.45) is 13.4. The maximum atomic E-state index is 13.2. The quantitative estimate of drug-likeness (QED) is 0.132. The van der Waals surface area contributed by atoms with Crippen molar-refractivity contribution in [1.29, 1.82) is 0 Å². The molecule has 5 unspecified atom stereocenters. The highest BCUT2D eigenvalue weighted by Crippen LogP contribution is 2.57. The molecule has 37 heavy (non-hydrogen) atoms. The number of carbonyl (C=O) groups excluding carboxylic acids is 4. The van der Waals surface area contributed by atoms with E-state index in [9.17, 15) is 19.2 Å². The normalized spacial score (nSPS) is 30.3. The van der Waals surface area contributed by atoms with Gasteiger partial charge in [0.25, 0.3) is 11.8 Å². The van der Waals surface area contributed by atoms with Crippen molar-refractivity contribution < 1.29 is 23.9 Å². The third-order valence-corrected chi connectivity index (χ3v) is 11.9. The summed E-state index contributed by atoms with van der Waals surface area (Å²) in [5.74, 6) is -0.278. The summed E-state index contributed by atoms with van der Waals surface area (Å²) >= 11 is 0. The topological polar surface area (TPSA) is 119 Å². The van der Waals surface area contributed by atoms with Crippen LogP contribution in [-0.4, -0.2) is 64.8 Å². The number of nitrogens with one attached hydrogen (secondary N) is 1. The van der Waals surface area contributed by atoms with E-state index in [1.54, 1.807) is 0 Å². The van der Waals surface area contributed by atoms with Crippen LogP contribution < -0.4 is 11.1 Å². The Morgan fingerprint density at radius 2 is 1.73 bits per heavy atom. The molecule has 5 atom stereocenters. The minimum absolute atomic E-state index is 0.000204. The Bertz CT molecular complexity index is 843. The fourth-order valence-corrected chi connectivity index (χ4v) is 9.34. The molecule has 0 aromatic rings. The van der Waals surface area contributed by atoms with Gasteiger partial charge in [0.15, 0.2) is 0 Å². The number of nitrogens with zero attached hydrogens (tertiary/aromatic N) is 1. The van der Waals surface area contributed by atoms with Gasteiger partial charge in [-0.05, 0) is 69.7 Å². The van der Waals surface area contributed by atoms with Gasteiger partial charge >= 0.3 is 5.97 Å². The van der Waals surface area contributed by atoms with Crippen molar-refractivity contribution in [2.45, 2.75) is 93.7 Å². The van der Waals surface area contributed by atoms with Crippen LogP contribution in [0.3, 0.4) is 0 Å². The van der Waals surface area contributed by atoms with Crippen LogP contribution in [0.15, 0.2) is 12.2 Å². The van der Waals surface area contributed by atoms with E-state index in [1.807, 2.05) is 21.6 Å². The van der Waals surface area contributed by atoms with Gasteiger partial charge in [0.2, 0.25) is 5.91 Å². The summed E-state index contributed by atoms with van der Waals surface area (Å²) in [7, 11) is 3.73. The molecule has 2 aliphatic heterocycles. The van der Waals surface area contributed by atoms with Crippen LogP contribution >= 0.6 is 21.6 Å². The lowest BCUT2D eigenvalue weighted by molar-refractivity contribution is -0.155. The number of hydrogen-bond donors (Lipinski definition) is 2. The molecule has 0 aromatic heterocycles. The van der Waals surface area contributed by atoms with Gasteiger partial charge in [0.05, 0.1) is 5.92 Å². The fraction of sp³-hybridized carbons (Fsp3) is 0.778. The first-order valence-corrected chi connectivity index (χ1v) is 16.3. The van der Waals surface area contributed by atoms with Crippen LogP contribution in [0, 0.1) is 17.8 Å². The Kier molecular flexibility index (Phi) is 10.8. The molecule has 1 saturated heterocycles. The second-order valence-electron chi connectivity index (χ2n) is 10.9. The van der Waals surface area contributed by atoms with E-state index in [0.717, 1.165) is 38.5 Å². The second kappa shape index (κ2) is 14.0. The zero-order valence-electron chi connectivity index (χ0n) is 21.6. The number of ether oxygens (including phenoxy) is 1. The lowest BCUT2D eigenvalue weighted by Crippen LogP contribution is -2.43. The molecule has 0 spiro atoms. The molecule has 3 N–H and O–H groups in total. The van der Waals surface area contributed by atoms with E-state index in [-0.39, 0.29) is 47.5 Å². The summed E-state index contributed by atoms with van der Waals surface area (Å²) in [5, 5.41) is 3.96. The van der Waals surface area contributed by atoms with Gasteiger partial charge in [0.1, 0.15) is 6.10 Å². The molecule has 4 aliphatic rings. The maximum absolute atomic E-state index is 13.2. The second-order valence-corrected chi connectivity index (χ2v) is 13.5. The van der Waals surface area contributed by atoms with Gasteiger partial charge in [-0.25, -0.2) is 0 Å². The van der Waals surface area contributed by atoms with Crippen molar-refractivity contribution in [2.24, 2.45) is 23.5 Å². The monoisotopic (exact) mass is 551 g/mol. The number of carbonyl (C=O) groups is 4. The molecule has 206 valence electrons. The van der Waals surface area contributed by atoms with Crippen molar-refractivity contribution in [1.82, 2.24) is 10.2 Å². The molecule has 8 nitrogen and oxygen atoms in total. The highest BCUT2D eigenvalue weighted by molar-refractivity contribution is 8.80. The molecule has 0 aromatic carbocycles. The van der Waals surface area contributed by atoms with Crippen LogP contribution in [0.25, 0.3) is 0 Å². The molecule has 0 radical (unpaired) electrons. The van der Waals surface area contributed by atoms with Crippen molar-refractivity contribution in [3.63, 3.8) is 0 Å². The molecular formula is C27H41N3O5S2. The van der Waals surface area contributed by atoms with Crippen LogP contribution in [0.4, 0.5) is 0 Å². The highest BCUT2D eigenvalue weighted by Gasteiger charge is 2.48. The predicted octanol–water partition coefficient (Wildman–Crippen LogP) is 3.59. The number of imide groups is 1. The van der Waals surface area contributed by atoms with Crippen LogP contribution in [0.5, 0.6) is 0 Å². The fourth-order valence-electron chi connectivity index (χ4n) is 5.99. The van der Waals surface area contributed by atoms with Gasteiger partial charge in [-0.2, -0.15) is 0 Å². The van der Waals surface area contributed by atoms with Crippen molar-refractivity contribution in [3.8, 4) is 0 Å². The molecule has 2 saturated carbocycles. The molecule has 3 amide bonds. The Morgan fingerprint density at radius 1 is 1.00 bits per heavy atom. The number of amides is 3. The Morgan fingerprint density at radius 3 is 2.38 bits per heavy atom. The minimum Gasteiger partial charge on any atom is -0.462 e. The number of rotatable bonds is 11. The minimum atomic E-state index is -0.262. The van der Waals surface area contributed by atoms with Crippen molar-refractivity contribution in [2.75, 3.05) is 19.6 Å². The Labute approximate surface area is 228 Å². The Balaban J connectivity index is 1.23. The Hall–Kier alpha value is -1.52. The number of unbranched alkanes of at least 4 members (excludes halogenated alkanes) is 2. The zero-order chi connectivity index (χ0) is 26.2. The number of hydrogen-bond acceptors (Lipinski definition) is 8. The molecule has 4 rings (SSSR count). The van der Waals surface area contributed by atoms with Gasteiger partial charge in [0, 0.05) is 42.2 Å². The first-order valence-electron chi connectivity index (χ1n) is 14.0. The van der Waals surface area contributed by atoms with E-state index in [4.69, 9.17) is 10.5 Å². The molecule has 2 heterocycles. The van der Waals surface area contributed by atoms with Crippen molar-refractivity contribution in [3.05, 3.63) is 12.2 Å². The summed E-state index contributed by atoms with van der Waals surface area (Å²) < 4.78 is 6.02. The molecular weight excluding hydrogens is 510 g/mol. The lowest BCUT2D eigenvalue weighted by Gasteiger charge is -2.40. The smallest absolute Gasteiger partial charge is 0.309 e. The van der Waals surface area contributed by atoms with E-state index >= 15 is 0 Å². The third-order valence-electron chi connectivity index (χ3n) is 8.23. The summed E-state index contributed by atoms with van der Waals surface area (Å²) in [6.45, 7) is 1.48. The number of esters is 1. The highest BCUT2D eigenvalue weighted by atomic mass is 33.1.